The van der Waals surface area contributed by atoms with E-state index in [-0.39, 0.29) is 0 Å². The number of rotatable bonds is 2. The summed E-state index contributed by atoms with van der Waals surface area (Å²) in [7, 11) is 0. The summed E-state index contributed by atoms with van der Waals surface area (Å²) in [5, 5.41) is 0.849. The van der Waals surface area contributed by atoms with Crippen LogP contribution >= 0.6 is 11.6 Å². The Morgan fingerprint density at radius 2 is 2.16 bits per heavy atom. The van der Waals surface area contributed by atoms with Gasteiger partial charge < -0.3 is 0 Å². The van der Waals surface area contributed by atoms with Crippen molar-refractivity contribution in [2.45, 2.75) is 44.8 Å². The number of piperazine rings is 1. The summed E-state index contributed by atoms with van der Waals surface area (Å²) in [5.74, 6) is 0. The second-order valence-electron chi connectivity index (χ2n) is 6.05. The molecule has 0 bridgehead atoms. The molecule has 2 fully saturated rings. The lowest BCUT2D eigenvalue weighted by Gasteiger charge is -2.47. The van der Waals surface area contributed by atoms with Crippen molar-refractivity contribution in [1.82, 2.24) is 9.80 Å². The summed E-state index contributed by atoms with van der Waals surface area (Å²) in [6.07, 6.45) is 4.16. The van der Waals surface area contributed by atoms with E-state index in [9.17, 15) is 0 Å². The summed E-state index contributed by atoms with van der Waals surface area (Å²) < 4.78 is 0. The zero-order chi connectivity index (χ0) is 13.2. The van der Waals surface area contributed by atoms with Gasteiger partial charge in [-0.25, -0.2) is 0 Å². The van der Waals surface area contributed by atoms with Gasteiger partial charge in [-0.1, -0.05) is 30.2 Å². The van der Waals surface area contributed by atoms with Crippen LogP contribution in [0.15, 0.2) is 24.3 Å². The number of benzene rings is 1. The van der Waals surface area contributed by atoms with Crippen LogP contribution in [0.25, 0.3) is 0 Å². The second kappa shape index (κ2) is 5.82. The SMILES string of the molecule is CC1CN2CCCCC2CN1Cc1cccc(Cl)c1. The fourth-order valence-electron chi connectivity index (χ4n) is 3.50. The normalized spacial score (nSPS) is 29.2. The standard InChI is InChI=1S/C16H23ClN2/c1-13-10-18-8-3-2-7-16(18)12-19(13)11-14-5-4-6-15(17)9-14/h4-6,9,13,16H,2-3,7-8,10-12H2,1H3. The summed E-state index contributed by atoms with van der Waals surface area (Å²) in [6.45, 7) is 7.14. The van der Waals surface area contributed by atoms with E-state index in [0.717, 1.165) is 17.6 Å². The minimum Gasteiger partial charge on any atom is -0.298 e. The number of hydrogen-bond donors (Lipinski definition) is 0. The Labute approximate surface area is 121 Å². The first-order chi connectivity index (χ1) is 9.22. The number of nitrogens with zero attached hydrogens (tertiary/aromatic N) is 2. The lowest BCUT2D eigenvalue weighted by molar-refractivity contribution is 0.0111. The number of fused-ring (bicyclic) bond motifs is 1. The molecule has 0 aliphatic carbocycles. The van der Waals surface area contributed by atoms with E-state index >= 15 is 0 Å². The van der Waals surface area contributed by atoms with Gasteiger partial charge in [0.15, 0.2) is 0 Å². The quantitative estimate of drug-likeness (QED) is 0.818. The number of hydrogen-bond acceptors (Lipinski definition) is 2. The molecule has 3 heteroatoms. The van der Waals surface area contributed by atoms with Gasteiger partial charge in [-0.05, 0) is 44.0 Å². The van der Waals surface area contributed by atoms with E-state index in [4.69, 9.17) is 11.6 Å². The first kappa shape index (κ1) is 13.4. The Morgan fingerprint density at radius 1 is 1.26 bits per heavy atom. The van der Waals surface area contributed by atoms with Gasteiger partial charge in [0, 0.05) is 36.7 Å². The Bertz CT molecular complexity index is 435. The van der Waals surface area contributed by atoms with Crippen molar-refractivity contribution in [3.63, 3.8) is 0 Å². The van der Waals surface area contributed by atoms with Crippen LogP contribution in [0.3, 0.4) is 0 Å². The third-order valence-corrected chi connectivity index (χ3v) is 4.83. The molecule has 2 heterocycles. The molecule has 2 atom stereocenters. The summed E-state index contributed by atoms with van der Waals surface area (Å²) >= 11 is 6.08. The van der Waals surface area contributed by atoms with Crippen LogP contribution in [0.1, 0.15) is 31.7 Å². The van der Waals surface area contributed by atoms with Gasteiger partial charge in [0.05, 0.1) is 0 Å². The van der Waals surface area contributed by atoms with Gasteiger partial charge in [0.2, 0.25) is 0 Å². The molecule has 2 nitrogen and oxygen atoms in total. The van der Waals surface area contributed by atoms with Crippen molar-refractivity contribution in [1.29, 1.82) is 0 Å². The molecule has 0 spiro atoms. The molecular weight excluding hydrogens is 256 g/mol. The predicted octanol–water partition coefficient (Wildman–Crippen LogP) is 3.40. The zero-order valence-electron chi connectivity index (χ0n) is 11.7. The maximum atomic E-state index is 6.08. The van der Waals surface area contributed by atoms with Gasteiger partial charge in [0.25, 0.3) is 0 Å². The minimum atomic E-state index is 0.647. The van der Waals surface area contributed by atoms with Gasteiger partial charge in [-0.15, -0.1) is 0 Å². The Morgan fingerprint density at radius 3 is 3.00 bits per heavy atom. The third kappa shape index (κ3) is 3.13. The summed E-state index contributed by atoms with van der Waals surface area (Å²) in [5.41, 5.74) is 1.34. The molecule has 3 rings (SSSR count). The predicted molar refractivity (Wildman–Crippen MR) is 80.5 cm³/mol. The molecule has 0 aromatic heterocycles. The van der Waals surface area contributed by atoms with E-state index in [1.807, 2.05) is 6.07 Å². The average Bonchev–Trinajstić information content (AvgIpc) is 2.40. The topological polar surface area (TPSA) is 6.48 Å². The average molecular weight is 279 g/mol. The highest BCUT2D eigenvalue weighted by Crippen LogP contribution is 2.25. The van der Waals surface area contributed by atoms with Crippen LogP contribution in [0, 0.1) is 0 Å². The molecule has 0 amide bonds. The Hall–Kier alpha value is -0.570. The molecule has 19 heavy (non-hydrogen) atoms. The monoisotopic (exact) mass is 278 g/mol. The number of halogens is 1. The van der Waals surface area contributed by atoms with Gasteiger partial charge in [-0.2, -0.15) is 0 Å². The first-order valence-electron chi connectivity index (χ1n) is 7.45. The van der Waals surface area contributed by atoms with Crippen molar-refractivity contribution in [2.75, 3.05) is 19.6 Å². The van der Waals surface area contributed by atoms with Crippen molar-refractivity contribution < 1.29 is 0 Å². The zero-order valence-corrected chi connectivity index (χ0v) is 12.4. The molecule has 0 radical (unpaired) electrons. The largest absolute Gasteiger partial charge is 0.298 e. The van der Waals surface area contributed by atoms with E-state index < -0.39 is 0 Å². The molecular formula is C16H23ClN2. The molecule has 0 N–H and O–H groups in total. The highest BCUT2D eigenvalue weighted by atomic mass is 35.5. The lowest BCUT2D eigenvalue weighted by atomic mass is 9.97. The number of piperidine rings is 1. The molecule has 0 saturated carbocycles. The molecule has 2 aliphatic rings. The van der Waals surface area contributed by atoms with Gasteiger partial charge in [-0.3, -0.25) is 9.80 Å². The van der Waals surface area contributed by atoms with Crippen LogP contribution < -0.4 is 0 Å². The third-order valence-electron chi connectivity index (χ3n) is 4.59. The molecule has 1 aromatic carbocycles. The lowest BCUT2D eigenvalue weighted by Crippen LogP contribution is -2.58. The van der Waals surface area contributed by atoms with Crippen molar-refractivity contribution in [2.24, 2.45) is 0 Å². The minimum absolute atomic E-state index is 0.647. The van der Waals surface area contributed by atoms with Crippen LogP contribution in [0.5, 0.6) is 0 Å². The van der Waals surface area contributed by atoms with E-state index in [2.05, 4.69) is 34.9 Å². The van der Waals surface area contributed by atoms with Crippen molar-refractivity contribution in [3.8, 4) is 0 Å². The molecule has 2 unspecified atom stereocenters. The Balaban J connectivity index is 1.67. The van der Waals surface area contributed by atoms with Gasteiger partial charge in [0.1, 0.15) is 0 Å². The van der Waals surface area contributed by atoms with Gasteiger partial charge >= 0.3 is 0 Å². The summed E-state index contributed by atoms with van der Waals surface area (Å²) in [6, 6.07) is 9.72. The van der Waals surface area contributed by atoms with Crippen molar-refractivity contribution in [3.05, 3.63) is 34.9 Å². The van der Waals surface area contributed by atoms with Crippen LogP contribution in [-0.4, -0.2) is 41.5 Å². The molecule has 2 aliphatic heterocycles. The Kier molecular flexibility index (Phi) is 4.11. The smallest absolute Gasteiger partial charge is 0.0409 e. The fourth-order valence-corrected chi connectivity index (χ4v) is 3.72. The first-order valence-corrected chi connectivity index (χ1v) is 7.83. The maximum Gasteiger partial charge on any atom is 0.0409 e. The molecule has 104 valence electrons. The van der Waals surface area contributed by atoms with E-state index in [1.165, 1.54) is 44.5 Å². The highest BCUT2D eigenvalue weighted by molar-refractivity contribution is 6.30. The van der Waals surface area contributed by atoms with Crippen molar-refractivity contribution >= 4 is 11.6 Å². The maximum absolute atomic E-state index is 6.08. The molecule has 1 aromatic rings. The second-order valence-corrected chi connectivity index (χ2v) is 6.49. The fraction of sp³-hybridized carbons (Fsp3) is 0.625. The van der Waals surface area contributed by atoms with Crippen LogP contribution in [-0.2, 0) is 6.54 Å². The van der Waals surface area contributed by atoms with Crippen LogP contribution in [0.4, 0.5) is 0 Å². The summed E-state index contributed by atoms with van der Waals surface area (Å²) in [4.78, 5) is 5.32. The van der Waals surface area contributed by atoms with E-state index in [1.54, 1.807) is 0 Å². The highest BCUT2D eigenvalue weighted by Gasteiger charge is 2.32. The molecule has 2 saturated heterocycles. The van der Waals surface area contributed by atoms with E-state index in [0.29, 0.717) is 6.04 Å². The van der Waals surface area contributed by atoms with Crippen LogP contribution in [0.2, 0.25) is 5.02 Å².